The zero-order valence-electron chi connectivity index (χ0n) is 14.4. The smallest absolute Gasteiger partial charge is 0.153 e. The van der Waals surface area contributed by atoms with E-state index in [1.807, 2.05) is 42.2 Å². The molecule has 0 bridgehead atoms. The average Bonchev–Trinajstić information content (AvgIpc) is 2.73. The van der Waals surface area contributed by atoms with Crippen molar-refractivity contribution < 1.29 is 4.79 Å². The zero-order chi connectivity index (χ0) is 18.1. The molecule has 0 unspecified atom stereocenters. The molecule has 0 aromatic heterocycles. The fourth-order valence-corrected chi connectivity index (χ4v) is 3.25. The number of hydrogen-bond donors (Lipinski definition) is 0. The highest BCUT2D eigenvalue weighted by Gasteiger charge is 2.43. The van der Waals surface area contributed by atoms with Crippen LogP contribution >= 0.6 is 11.6 Å². The molecular formula is C19H20BClN2O. The topological polar surface area (TPSA) is 32.7 Å². The van der Waals surface area contributed by atoms with Crippen molar-refractivity contribution in [2.75, 3.05) is 11.9 Å². The number of nitrogens with zero attached hydrogens (tertiary/aromatic N) is 2. The molecule has 1 aliphatic heterocycles. The van der Waals surface area contributed by atoms with Gasteiger partial charge in [-0.05, 0) is 38.5 Å². The Morgan fingerprint density at radius 3 is 2.58 bits per heavy atom. The molecule has 2 rings (SSSR count). The van der Waals surface area contributed by atoms with E-state index in [1.54, 1.807) is 7.05 Å². The van der Waals surface area contributed by atoms with Crippen LogP contribution in [-0.4, -0.2) is 27.0 Å². The van der Waals surface area contributed by atoms with Gasteiger partial charge in [0, 0.05) is 17.5 Å². The molecular weight excluding hydrogens is 318 g/mol. The SMILES string of the molecule is [B]c1ccc2c(c1)N(/C(C=CC)=C(\C=O)C(=C)Cl)C(=NC)C2(C)C. The van der Waals surface area contributed by atoms with Crippen LogP contribution in [0.3, 0.4) is 0 Å². The van der Waals surface area contributed by atoms with Crippen molar-refractivity contribution in [1.29, 1.82) is 0 Å². The van der Waals surface area contributed by atoms with Crippen LogP contribution in [0.4, 0.5) is 5.69 Å². The summed E-state index contributed by atoms with van der Waals surface area (Å²) in [5, 5.41) is 0.184. The first-order valence-electron chi connectivity index (χ1n) is 7.63. The minimum atomic E-state index is -0.327. The van der Waals surface area contributed by atoms with Crippen LogP contribution in [0, 0.1) is 0 Å². The average molecular weight is 339 g/mol. The van der Waals surface area contributed by atoms with Crippen LogP contribution in [-0.2, 0) is 10.2 Å². The molecule has 0 amide bonds. The van der Waals surface area contributed by atoms with E-state index in [0.717, 1.165) is 23.4 Å². The number of aliphatic imine (C=N–C) groups is 1. The van der Waals surface area contributed by atoms with Gasteiger partial charge in [0.25, 0.3) is 0 Å². The highest BCUT2D eigenvalue weighted by Crippen LogP contribution is 2.44. The molecule has 0 saturated heterocycles. The number of fused-ring (bicyclic) bond motifs is 1. The Morgan fingerprint density at radius 2 is 2.08 bits per heavy atom. The maximum atomic E-state index is 11.6. The Morgan fingerprint density at radius 1 is 1.42 bits per heavy atom. The predicted molar refractivity (Wildman–Crippen MR) is 104 cm³/mol. The molecule has 0 aliphatic carbocycles. The molecule has 5 heteroatoms. The van der Waals surface area contributed by atoms with E-state index in [4.69, 9.17) is 19.4 Å². The third kappa shape index (κ3) is 2.87. The van der Waals surface area contributed by atoms with E-state index in [0.29, 0.717) is 16.7 Å². The summed E-state index contributed by atoms with van der Waals surface area (Å²) in [7, 11) is 7.74. The first-order chi connectivity index (χ1) is 11.3. The number of amidine groups is 1. The molecule has 0 fully saturated rings. The summed E-state index contributed by atoms with van der Waals surface area (Å²) in [6, 6.07) is 5.76. The molecule has 3 nitrogen and oxygen atoms in total. The van der Waals surface area contributed by atoms with Crippen molar-refractivity contribution in [2.24, 2.45) is 4.99 Å². The van der Waals surface area contributed by atoms with Gasteiger partial charge < -0.3 is 0 Å². The molecule has 1 heterocycles. The van der Waals surface area contributed by atoms with Gasteiger partial charge in [0.1, 0.15) is 13.7 Å². The molecule has 1 aromatic carbocycles. The molecule has 0 saturated carbocycles. The maximum absolute atomic E-state index is 11.6. The number of anilines is 1. The van der Waals surface area contributed by atoms with Gasteiger partial charge in [0.15, 0.2) is 6.29 Å². The van der Waals surface area contributed by atoms with Crippen LogP contribution in [0.2, 0.25) is 0 Å². The van der Waals surface area contributed by atoms with Crippen LogP contribution < -0.4 is 10.4 Å². The van der Waals surface area contributed by atoms with E-state index in [9.17, 15) is 4.79 Å². The molecule has 1 aliphatic rings. The number of carbonyl (C=O) groups excluding carboxylic acids is 1. The summed E-state index contributed by atoms with van der Waals surface area (Å²) in [6.45, 7) is 9.77. The minimum absolute atomic E-state index is 0.184. The summed E-state index contributed by atoms with van der Waals surface area (Å²) < 4.78 is 0. The summed E-state index contributed by atoms with van der Waals surface area (Å²) in [5.41, 5.74) is 3.25. The molecule has 24 heavy (non-hydrogen) atoms. The molecule has 0 N–H and O–H groups in total. The standard InChI is InChI=1S/C19H20BClN2O/c1-6-7-16(14(11-24)12(2)21)23-17-10-13(20)8-9-15(17)19(3,4)18(23)22-5/h6-11H,2H2,1,3-5H3/b7-6?,16-14+,22-18?. The number of allylic oxidation sites excluding steroid dienone is 4. The van der Waals surface area contributed by atoms with Crippen molar-refractivity contribution in [2.45, 2.75) is 26.2 Å². The number of carbonyl (C=O) groups is 1. The number of aldehydes is 1. The summed E-state index contributed by atoms with van der Waals surface area (Å²) in [5.74, 6) is 0.813. The first kappa shape index (κ1) is 18.3. The van der Waals surface area contributed by atoms with E-state index in [2.05, 4.69) is 25.4 Å². The Hall–Kier alpha value is -2.07. The molecule has 122 valence electrons. The van der Waals surface area contributed by atoms with Crippen molar-refractivity contribution in [3.8, 4) is 0 Å². The number of rotatable bonds is 4. The second-order valence-corrected chi connectivity index (χ2v) is 6.56. The third-order valence-corrected chi connectivity index (χ3v) is 4.37. The van der Waals surface area contributed by atoms with Gasteiger partial charge in [-0.3, -0.25) is 14.7 Å². The van der Waals surface area contributed by atoms with Crippen molar-refractivity contribution in [3.63, 3.8) is 0 Å². The van der Waals surface area contributed by atoms with E-state index in [-0.39, 0.29) is 10.4 Å². The third-order valence-electron chi connectivity index (χ3n) is 4.17. The molecule has 0 spiro atoms. The van der Waals surface area contributed by atoms with Crippen molar-refractivity contribution >= 4 is 42.7 Å². The zero-order valence-corrected chi connectivity index (χ0v) is 15.2. The Bertz CT molecular complexity index is 791. The van der Waals surface area contributed by atoms with Gasteiger partial charge in [-0.25, -0.2) is 0 Å². The van der Waals surface area contributed by atoms with Crippen molar-refractivity contribution in [1.82, 2.24) is 0 Å². The lowest BCUT2D eigenvalue weighted by Gasteiger charge is -2.27. The second kappa shape index (κ2) is 6.82. The highest BCUT2D eigenvalue weighted by molar-refractivity contribution is 6.34. The summed E-state index contributed by atoms with van der Waals surface area (Å²) in [6.07, 6.45) is 4.40. The quantitative estimate of drug-likeness (QED) is 0.365. The second-order valence-electron chi connectivity index (χ2n) is 6.11. The Kier molecular flexibility index (Phi) is 5.19. The number of benzene rings is 1. The Labute approximate surface area is 149 Å². The van der Waals surface area contributed by atoms with E-state index >= 15 is 0 Å². The van der Waals surface area contributed by atoms with E-state index in [1.165, 1.54) is 0 Å². The fourth-order valence-electron chi connectivity index (χ4n) is 3.11. The number of halogens is 1. The van der Waals surface area contributed by atoms with Crippen LogP contribution in [0.25, 0.3) is 0 Å². The van der Waals surface area contributed by atoms with Crippen LogP contribution in [0.1, 0.15) is 26.3 Å². The first-order valence-corrected chi connectivity index (χ1v) is 8.01. The fraction of sp³-hybridized carbons (Fsp3) is 0.263. The van der Waals surface area contributed by atoms with Gasteiger partial charge in [0.05, 0.1) is 17.0 Å². The van der Waals surface area contributed by atoms with Gasteiger partial charge in [0.2, 0.25) is 0 Å². The lowest BCUT2D eigenvalue weighted by Crippen LogP contribution is -2.36. The molecule has 0 atom stereocenters. The minimum Gasteiger partial charge on any atom is -0.298 e. The normalized spacial score (nSPS) is 18.7. The Balaban J connectivity index is 2.87. The predicted octanol–water partition coefficient (Wildman–Crippen LogP) is 3.39. The van der Waals surface area contributed by atoms with Crippen LogP contribution in [0.15, 0.2) is 58.2 Å². The number of hydrogen-bond acceptors (Lipinski definition) is 2. The van der Waals surface area contributed by atoms with Gasteiger partial charge in [-0.2, -0.15) is 0 Å². The molecule has 2 radical (unpaired) electrons. The van der Waals surface area contributed by atoms with E-state index < -0.39 is 0 Å². The van der Waals surface area contributed by atoms with Crippen LogP contribution in [0.5, 0.6) is 0 Å². The molecule has 1 aromatic rings. The van der Waals surface area contributed by atoms with Gasteiger partial charge in [-0.15, -0.1) is 0 Å². The largest absolute Gasteiger partial charge is 0.298 e. The van der Waals surface area contributed by atoms with Gasteiger partial charge in [-0.1, -0.05) is 41.9 Å². The van der Waals surface area contributed by atoms with Crippen molar-refractivity contribution in [3.05, 3.63) is 58.8 Å². The lowest BCUT2D eigenvalue weighted by molar-refractivity contribution is -0.104. The summed E-state index contributed by atoms with van der Waals surface area (Å²) in [4.78, 5) is 18.1. The lowest BCUT2D eigenvalue weighted by atomic mass is 9.83. The maximum Gasteiger partial charge on any atom is 0.153 e. The summed E-state index contributed by atoms with van der Waals surface area (Å²) >= 11 is 6.06. The highest BCUT2D eigenvalue weighted by atomic mass is 35.5. The van der Waals surface area contributed by atoms with Gasteiger partial charge >= 0.3 is 0 Å². The monoisotopic (exact) mass is 338 g/mol.